The standard InChI is InChI=1S/C26H30ClN3O5/c1-18-7-3-4-8-19(18)25(33)30-22(23(31)28-13-16-34-2)17-35-26(30)11-14-29(15-12-26)24(32)20-9-5-6-10-21(20)27/h3-10,22H,11-17H2,1-2H3,(H,28,31). The van der Waals surface area contributed by atoms with Crippen LogP contribution in [0.2, 0.25) is 5.02 Å². The maximum Gasteiger partial charge on any atom is 0.257 e. The van der Waals surface area contributed by atoms with E-state index in [-0.39, 0.29) is 24.3 Å². The molecule has 186 valence electrons. The highest BCUT2D eigenvalue weighted by Crippen LogP contribution is 2.39. The van der Waals surface area contributed by atoms with Gasteiger partial charge in [-0.1, -0.05) is 41.9 Å². The third-order valence-electron chi connectivity index (χ3n) is 6.70. The molecule has 2 saturated heterocycles. The van der Waals surface area contributed by atoms with Gasteiger partial charge < -0.3 is 19.7 Å². The lowest BCUT2D eigenvalue weighted by molar-refractivity contribution is -0.128. The first-order valence-electron chi connectivity index (χ1n) is 11.7. The van der Waals surface area contributed by atoms with Crippen molar-refractivity contribution < 1.29 is 23.9 Å². The highest BCUT2D eigenvalue weighted by Gasteiger charge is 2.54. The largest absolute Gasteiger partial charge is 0.383 e. The van der Waals surface area contributed by atoms with Gasteiger partial charge in [-0.15, -0.1) is 0 Å². The van der Waals surface area contributed by atoms with Crippen molar-refractivity contribution in [1.82, 2.24) is 15.1 Å². The van der Waals surface area contributed by atoms with E-state index in [4.69, 9.17) is 21.1 Å². The summed E-state index contributed by atoms with van der Waals surface area (Å²) >= 11 is 6.23. The van der Waals surface area contributed by atoms with Gasteiger partial charge >= 0.3 is 0 Å². The number of benzene rings is 2. The smallest absolute Gasteiger partial charge is 0.257 e. The van der Waals surface area contributed by atoms with Gasteiger partial charge in [0, 0.05) is 45.1 Å². The first-order valence-corrected chi connectivity index (χ1v) is 12.1. The summed E-state index contributed by atoms with van der Waals surface area (Å²) in [6.45, 7) is 3.42. The Morgan fingerprint density at radius 2 is 1.71 bits per heavy atom. The van der Waals surface area contributed by atoms with Crippen LogP contribution >= 0.6 is 11.6 Å². The zero-order valence-corrected chi connectivity index (χ0v) is 20.7. The Balaban J connectivity index is 1.57. The topological polar surface area (TPSA) is 88.2 Å². The van der Waals surface area contributed by atoms with E-state index in [0.717, 1.165) is 5.56 Å². The van der Waals surface area contributed by atoms with Gasteiger partial charge in [0.1, 0.15) is 11.8 Å². The summed E-state index contributed by atoms with van der Waals surface area (Å²) in [4.78, 5) is 43.2. The fraction of sp³-hybridized carbons (Fsp3) is 0.423. The molecule has 0 bridgehead atoms. The van der Waals surface area contributed by atoms with Gasteiger partial charge in [-0.2, -0.15) is 0 Å². The monoisotopic (exact) mass is 499 g/mol. The molecule has 1 spiro atoms. The molecule has 1 unspecified atom stereocenters. The lowest BCUT2D eigenvalue weighted by atomic mass is 9.95. The third-order valence-corrected chi connectivity index (χ3v) is 7.03. The number of hydrogen-bond acceptors (Lipinski definition) is 5. The molecule has 2 aliphatic heterocycles. The van der Waals surface area contributed by atoms with Crippen molar-refractivity contribution in [2.24, 2.45) is 0 Å². The van der Waals surface area contributed by atoms with Gasteiger partial charge in [0.2, 0.25) is 5.91 Å². The summed E-state index contributed by atoms with van der Waals surface area (Å²) < 4.78 is 11.3. The highest BCUT2D eigenvalue weighted by atomic mass is 35.5. The molecule has 2 fully saturated rings. The van der Waals surface area contributed by atoms with Crippen LogP contribution in [0.5, 0.6) is 0 Å². The minimum Gasteiger partial charge on any atom is -0.383 e. The van der Waals surface area contributed by atoms with E-state index in [9.17, 15) is 14.4 Å². The normalized spacial score (nSPS) is 19.1. The van der Waals surface area contributed by atoms with Gasteiger partial charge in [-0.25, -0.2) is 0 Å². The van der Waals surface area contributed by atoms with E-state index in [1.807, 2.05) is 25.1 Å². The number of likely N-dealkylation sites (tertiary alicyclic amines) is 1. The molecule has 1 atom stereocenters. The molecule has 2 aromatic carbocycles. The first-order chi connectivity index (χ1) is 16.9. The summed E-state index contributed by atoms with van der Waals surface area (Å²) in [6, 6.07) is 13.5. The van der Waals surface area contributed by atoms with Gasteiger partial charge in [-0.3, -0.25) is 19.3 Å². The van der Waals surface area contributed by atoms with Gasteiger partial charge in [-0.05, 0) is 30.7 Å². The summed E-state index contributed by atoms with van der Waals surface area (Å²) in [6.07, 6.45) is 0.783. The van der Waals surface area contributed by atoms with Crippen LogP contribution in [0.4, 0.5) is 0 Å². The Labute approximate surface area is 210 Å². The van der Waals surface area contributed by atoms with Crippen LogP contribution in [0.15, 0.2) is 48.5 Å². The SMILES string of the molecule is COCCNC(=O)C1COC2(CCN(C(=O)c3ccccc3Cl)CC2)N1C(=O)c1ccccc1C. The van der Waals surface area contributed by atoms with Gasteiger partial charge in [0.25, 0.3) is 11.8 Å². The van der Waals surface area contributed by atoms with Crippen LogP contribution in [0.1, 0.15) is 39.1 Å². The number of nitrogens with one attached hydrogen (secondary N) is 1. The number of methoxy groups -OCH3 is 1. The van der Waals surface area contributed by atoms with Crippen LogP contribution in [0, 0.1) is 6.92 Å². The molecule has 0 radical (unpaired) electrons. The minimum absolute atomic E-state index is 0.0922. The molecule has 9 heteroatoms. The summed E-state index contributed by atoms with van der Waals surface area (Å²) in [5.74, 6) is -0.692. The first kappa shape index (κ1) is 25.2. The van der Waals surface area contributed by atoms with E-state index < -0.39 is 11.8 Å². The molecular formula is C26H30ClN3O5. The number of aryl methyl sites for hydroxylation is 1. The Morgan fingerprint density at radius 1 is 1.06 bits per heavy atom. The second kappa shape index (κ2) is 10.8. The number of piperidine rings is 1. The van der Waals surface area contributed by atoms with Crippen molar-refractivity contribution in [2.75, 3.05) is 40.0 Å². The van der Waals surface area contributed by atoms with Crippen LogP contribution in [-0.2, 0) is 14.3 Å². The summed E-state index contributed by atoms with van der Waals surface area (Å²) in [5.41, 5.74) is 0.826. The molecule has 0 saturated carbocycles. The third kappa shape index (κ3) is 5.05. The van der Waals surface area contributed by atoms with E-state index in [0.29, 0.717) is 55.2 Å². The maximum absolute atomic E-state index is 13.8. The Hall–Kier alpha value is -2.94. The molecule has 4 rings (SSSR count). The van der Waals surface area contributed by atoms with Crippen LogP contribution < -0.4 is 5.32 Å². The number of carbonyl (C=O) groups is 3. The number of hydrogen-bond donors (Lipinski definition) is 1. The van der Waals surface area contributed by atoms with Crippen LogP contribution in [-0.4, -0.2) is 79.2 Å². The average molecular weight is 500 g/mol. The van der Waals surface area contributed by atoms with Crippen molar-refractivity contribution in [3.63, 3.8) is 0 Å². The van der Waals surface area contributed by atoms with Gasteiger partial charge in [0.05, 0.1) is 23.8 Å². The van der Waals surface area contributed by atoms with Crippen LogP contribution in [0.25, 0.3) is 0 Å². The van der Waals surface area contributed by atoms with Crippen molar-refractivity contribution in [3.05, 3.63) is 70.2 Å². The van der Waals surface area contributed by atoms with Crippen molar-refractivity contribution in [2.45, 2.75) is 31.5 Å². The zero-order chi connectivity index (χ0) is 25.0. The van der Waals surface area contributed by atoms with E-state index in [2.05, 4.69) is 5.32 Å². The number of ether oxygens (including phenoxy) is 2. The number of rotatable bonds is 6. The molecule has 0 aromatic heterocycles. The van der Waals surface area contributed by atoms with Crippen molar-refractivity contribution >= 4 is 29.3 Å². The highest BCUT2D eigenvalue weighted by molar-refractivity contribution is 6.33. The summed E-state index contributed by atoms with van der Waals surface area (Å²) in [7, 11) is 1.56. The van der Waals surface area contributed by atoms with Gasteiger partial charge in [0.15, 0.2) is 0 Å². The average Bonchev–Trinajstić information content (AvgIpc) is 3.23. The molecule has 3 amide bonds. The Kier molecular flexibility index (Phi) is 7.74. The lowest BCUT2D eigenvalue weighted by Crippen LogP contribution is -2.60. The molecule has 35 heavy (non-hydrogen) atoms. The molecule has 0 aliphatic carbocycles. The number of carbonyl (C=O) groups excluding carboxylic acids is 3. The molecule has 2 aromatic rings. The number of amides is 3. The predicted octanol–water partition coefficient (Wildman–Crippen LogP) is 2.88. The Bertz CT molecular complexity index is 1100. The minimum atomic E-state index is -0.972. The summed E-state index contributed by atoms with van der Waals surface area (Å²) in [5, 5.41) is 3.24. The fourth-order valence-electron chi connectivity index (χ4n) is 4.77. The van der Waals surface area contributed by atoms with E-state index in [1.165, 1.54) is 0 Å². The van der Waals surface area contributed by atoms with Crippen molar-refractivity contribution in [1.29, 1.82) is 0 Å². The molecule has 8 nitrogen and oxygen atoms in total. The molecule has 1 N–H and O–H groups in total. The number of nitrogens with zero attached hydrogens (tertiary/aromatic N) is 2. The van der Waals surface area contributed by atoms with Crippen LogP contribution in [0.3, 0.4) is 0 Å². The van der Waals surface area contributed by atoms with Crippen molar-refractivity contribution in [3.8, 4) is 0 Å². The molecule has 2 aliphatic rings. The second-order valence-electron chi connectivity index (χ2n) is 8.82. The van der Waals surface area contributed by atoms with E-state index >= 15 is 0 Å². The fourth-order valence-corrected chi connectivity index (χ4v) is 4.98. The predicted molar refractivity (Wildman–Crippen MR) is 131 cm³/mol. The molecular weight excluding hydrogens is 470 g/mol. The Morgan fingerprint density at radius 3 is 2.37 bits per heavy atom. The maximum atomic E-state index is 13.8. The lowest BCUT2D eigenvalue weighted by Gasteiger charge is -2.44. The second-order valence-corrected chi connectivity index (χ2v) is 9.23. The zero-order valence-electron chi connectivity index (χ0n) is 20.0. The molecule has 2 heterocycles. The quantitative estimate of drug-likeness (QED) is 0.617. The number of halogens is 1. The van der Waals surface area contributed by atoms with E-state index in [1.54, 1.807) is 47.2 Å².